The van der Waals surface area contributed by atoms with Gasteiger partial charge in [-0.25, -0.2) is 0 Å². The third-order valence-electron chi connectivity index (χ3n) is 5.36. The molecular formula is C19H24N4S. The third-order valence-corrected chi connectivity index (χ3v) is 5.69. The number of aromatic nitrogens is 2. The van der Waals surface area contributed by atoms with E-state index < -0.39 is 0 Å². The Kier molecular flexibility index (Phi) is 4.27. The normalized spacial score (nSPS) is 24.5. The lowest BCUT2D eigenvalue weighted by atomic mass is 9.99. The minimum Gasteiger partial charge on any atom is -0.352 e. The van der Waals surface area contributed by atoms with Crippen LogP contribution in [-0.4, -0.2) is 25.6 Å². The van der Waals surface area contributed by atoms with E-state index in [1.807, 2.05) is 12.3 Å². The standard InChI is InChI=1S/C19H24N4S/c1-2-22-13-7-11-16(22)18-17(15-10-5-6-12-20-15)21-19(24)23(18)14-8-3-4-9-14/h5-7,10-14,17-18H,2-4,8-9H2,1H3,(H,21,24). The van der Waals surface area contributed by atoms with Gasteiger partial charge in [0.1, 0.15) is 0 Å². The van der Waals surface area contributed by atoms with Gasteiger partial charge in [0, 0.05) is 30.7 Å². The van der Waals surface area contributed by atoms with Crippen LogP contribution in [0.5, 0.6) is 0 Å². The van der Waals surface area contributed by atoms with Crippen LogP contribution in [0.25, 0.3) is 0 Å². The molecule has 0 bridgehead atoms. The number of nitrogens with one attached hydrogen (secondary N) is 1. The fourth-order valence-electron chi connectivity index (χ4n) is 4.24. The van der Waals surface area contributed by atoms with Gasteiger partial charge in [-0.1, -0.05) is 18.9 Å². The summed E-state index contributed by atoms with van der Waals surface area (Å²) in [5, 5.41) is 4.45. The van der Waals surface area contributed by atoms with Gasteiger partial charge in [0.05, 0.1) is 17.8 Å². The number of hydrogen-bond donors (Lipinski definition) is 1. The number of hydrogen-bond acceptors (Lipinski definition) is 2. The quantitative estimate of drug-likeness (QED) is 0.858. The SMILES string of the molecule is CCn1cccc1C1C(c2ccccn2)NC(=S)N1C1CCCC1. The maximum Gasteiger partial charge on any atom is 0.170 e. The Morgan fingerprint density at radius 1 is 1.21 bits per heavy atom. The molecule has 4 rings (SSSR count). The van der Waals surface area contributed by atoms with Gasteiger partial charge in [-0.3, -0.25) is 4.98 Å². The van der Waals surface area contributed by atoms with E-state index in [0.717, 1.165) is 17.4 Å². The number of aryl methyl sites for hydroxylation is 1. The van der Waals surface area contributed by atoms with Crippen molar-refractivity contribution in [2.75, 3.05) is 0 Å². The summed E-state index contributed by atoms with van der Waals surface area (Å²) < 4.78 is 2.33. The summed E-state index contributed by atoms with van der Waals surface area (Å²) in [4.78, 5) is 7.08. The smallest absolute Gasteiger partial charge is 0.170 e. The Hall–Kier alpha value is -1.88. The molecule has 2 fully saturated rings. The highest BCUT2D eigenvalue weighted by Crippen LogP contribution is 2.42. The van der Waals surface area contributed by atoms with Crippen molar-refractivity contribution in [3.8, 4) is 0 Å². The Morgan fingerprint density at radius 2 is 2.04 bits per heavy atom. The van der Waals surface area contributed by atoms with Crippen LogP contribution in [0.3, 0.4) is 0 Å². The lowest BCUT2D eigenvalue weighted by Gasteiger charge is -2.33. The Balaban J connectivity index is 1.77. The van der Waals surface area contributed by atoms with Crippen molar-refractivity contribution in [1.82, 2.24) is 19.8 Å². The Bertz CT molecular complexity index is 705. The van der Waals surface area contributed by atoms with E-state index >= 15 is 0 Å². The van der Waals surface area contributed by atoms with E-state index in [0.29, 0.717) is 6.04 Å². The number of pyridine rings is 1. The zero-order valence-corrected chi connectivity index (χ0v) is 14.9. The topological polar surface area (TPSA) is 33.1 Å². The molecule has 0 aromatic carbocycles. The molecule has 2 aromatic rings. The lowest BCUT2D eigenvalue weighted by molar-refractivity contribution is 0.237. The maximum absolute atomic E-state index is 5.76. The van der Waals surface area contributed by atoms with Crippen molar-refractivity contribution < 1.29 is 0 Å². The highest BCUT2D eigenvalue weighted by Gasteiger charge is 2.44. The summed E-state index contributed by atoms with van der Waals surface area (Å²) >= 11 is 5.76. The molecule has 2 aromatic heterocycles. The first-order valence-electron chi connectivity index (χ1n) is 8.94. The van der Waals surface area contributed by atoms with Crippen LogP contribution >= 0.6 is 12.2 Å². The van der Waals surface area contributed by atoms with Crippen LogP contribution in [0.2, 0.25) is 0 Å². The average Bonchev–Trinajstić information content (AvgIpc) is 3.34. The van der Waals surface area contributed by atoms with E-state index in [1.165, 1.54) is 31.4 Å². The Morgan fingerprint density at radius 3 is 2.75 bits per heavy atom. The summed E-state index contributed by atoms with van der Waals surface area (Å²) in [5.41, 5.74) is 2.39. The summed E-state index contributed by atoms with van der Waals surface area (Å²) in [5.74, 6) is 0. The molecule has 5 heteroatoms. The van der Waals surface area contributed by atoms with Crippen molar-refractivity contribution in [2.45, 2.75) is 57.3 Å². The summed E-state index contributed by atoms with van der Waals surface area (Å²) in [6.45, 7) is 3.17. The monoisotopic (exact) mass is 340 g/mol. The first kappa shape index (κ1) is 15.6. The van der Waals surface area contributed by atoms with E-state index in [-0.39, 0.29) is 12.1 Å². The average molecular weight is 340 g/mol. The minimum atomic E-state index is 0.111. The molecule has 1 saturated heterocycles. The molecule has 0 radical (unpaired) electrons. The molecule has 2 aliphatic rings. The molecule has 1 aliphatic heterocycles. The van der Waals surface area contributed by atoms with Crippen molar-refractivity contribution >= 4 is 17.3 Å². The summed E-state index contributed by atoms with van der Waals surface area (Å²) in [7, 11) is 0. The van der Waals surface area contributed by atoms with Crippen molar-refractivity contribution in [1.29, 1.82) is 0 Å². The van der Waals surface area contributed by atoms with Crippen molar-refractivity contribution in [2.24, 2.45) is 0 Å². The van der Waals surface area contributed by atoms with Gasteiger partial charge in [0.25, 0.3) is 0 Å². The third kappa shape index (κ3) is 2.61. The molecule has 1 N–H and O–H groups in total. The zero-order valence-electron chi connectivity index (χ0n) is 14.1. The number of rotatable bonds is 4. The van der Waals surface area contributed by atoms with Crippen LogP contribution in [0.15, 0.2) is 42.7 Å². The van der Waals surface area contributed by atoms with Crippen molar-refractivity contribution in [3.63, 3.8) is 0 Å². The summed E-state index contributed by atoms with van der Waals surface area (Å²) in [6.07, 6.45) is 9.12. The van der Waals surface area contributed by atoms with Crippen molar-refractivity contribution in [3.05, 3.63) is 54.1 Å². The first-order valence-corrected chi connectivity index (χ1v) is 9.35. The van der Waals surface area contributed by atoms with Gasteiger partial charge in [0.15, 0.2) is 5.11 Å². The predicted molar refractivity (Wildman–Crippen MR) is 99.7 cm³/mol. The second-order valence-corrected chi connectivity index (χ2v) is 7.08. The lowest BCUT2D eigenvalue weighted by Crippen LogP contribution is -2.38. The Labute approximate surface area is 148 Å². The van der Waals surface area contributed by atoms with E-state index in [9.17, 15) is 0 Å². The molecule has 2 unspecified atom stereocenters. The molecule has 24 heavy (non-hydrogen) atoms. The molecular weight excluding hydrogens is 316 g/mol. The molecule has 3 heterocycles. The molecule has 0 spiro atoms. The maximum atomic E-state index is 5.76. The molecule has 4 nitrogen and oxygen atoms in total. The predicted octanol–water partition coefficient (Wildman–Crippen LogP) is 3.82. The van der Waals surface area contributed by atoms with Gasteiger partial charge in [-0.2, -0.15) is 0 Å². The van der Waals surface area contributed by atoms with Crippen LogP contribution < -0.4 is 5.32 Å². The van der Waals surface area contributed by atoms with Gasteiger partial charge >= 0.3 is 0 Å². The van der Waals surface area contributed by atoms with E-state index in [1.54, 1.807) is 0 Å². The second kappa shape index (κ2) is 6.55. The molecule has 0 amide bonds. The van der Waals surface area contributed by atoms with Crippen LogP contribution in [-0.2, 0) is 6.54 Å². The molecule has 126 valence electrons. The number of nitrogens with zero attached hydrogens (tertiary/aromatic N) is 3. The second-order valence-electron chi connectivity index (χ2n) is 6.69. The largest absolute Gasteiger partial charge is 0.352 e. The first-order chi connectivity index (χ1) is 11.8. The zero-order chi connectivity index (χ0) is 16.5. The molecule has 1 saturated carbocycles. The van der Waals surface area contributed by atoms with Gasteiger partial charge < -0.3 is 14.8 Å². The van der Waals surface area contributed by atoms with Gasteiger partial charge in [0.2, 0.25) is 0 Å². The molecule has 1 aliphatic carbocycles. The fourth-order valence-corrected chi connectivity index (χ4v) is 4.63. The highest BCUT2D eigenvalue weighted by atomic mass is 32.1. The minimum absolute atomic E-state index is 0.111. The van der Waals surface area contributed by atoms with Crippen LogP contribution in [0, 0.1) is 0 Å². The summed E-state index contributed by atoms with van der Waals surface area (Å²) in [6, 6.07) is 11.4. The molecule has 2 atom stereocenters. The van der Waals surface area contributed by atoms with Crippen LogP contribution in [0.4, 0.5) is 0 Å². The van der Waals surface area contributed by atoms with Gasteiger partial charge in [-0.15, -0.1) is 0 Å². The van der Waals surface area contributed by atoms with E-state index in [4.69, 9.17) is 12.2 Å². The highest BCUT2D eigenvalue weighted by molar-refractivity contribution is 7.80. The number of thiocarbonyl (C=S) groups is 1. The van der Waals surface area contributed by atoms with Gasteiger partial charge in [-0.05, 0) is 56.2 Å². The fraction of sp³-hybridized carbons (Fsp3) is 0.474. The van der Waals surface area contributed by atoms with Crippen LogP contribution in [0.1, 0.15) is 56.1 Å². The van der Waals surface area contributed by atoms with E-state index in [2.05, 4.69) is 57.2 Å².